The Balaban J connectivity index is 0.00000220. The van der Waals surface area contributed by atoms with Gasteiger partial charge in [0.1, 0.15) is 5.01 Å². The molecule has 2 aromatic rings. The van der Waals surface area contributed by atoms with Crippen LogP contribution in [0.5, 0.6) is 0 Å². The highest BCUT2D eigenvalue weighted by molar-refractivity contribution is 7.13. The van der Waals surface area contributed by atoms with Crippen LogP contribution < -0.4 is 10.6 Å². The van der Waals surface area contributed by atoms with Crippen molar-refractivity contribution in [2.75, 3.05) is 20.1 Å². The third kappa shape index (κ3) is 6.32. The highest BCUT2D eigenvalue weighted by Crippen LogP contribution is 2.24. The minimum absolute atomic E-state index is 0. The smallest absolute Gasteiger partial charge is 0.226 e. The number of amides is 1. The lowest BCUT2D eigenvalue weighted by atomic mass is 10.2. The molecule has 4 nitrogen and oxygen atoms in total. The number of nitrogens with zero attached hydrogens (tertiary/aromatic N) is 1. The quantitative estimate of drug-likeness (QED) is 0.777. The summed E-state index contributed by atoms with van der Waals surface area (Å²) in [6.07, 6.45) is 0.339. The van der Waals surface area contributed by atoms with E-state index in [1.807, 2.05) is 12.4 Å². The third-order valence-corrected chi connectivity index (χ3v) is 3.83. The molecular weight excluding hydrogens is 341 g/mol. The Morgan fingerprint density at radius 2 is 1.86 bits per heavy atom. The minimum Gasteiger partial charge on any atom is -0.354 e. The molecule has 1 heterocycles. The summed E-state index contributed by atoms with van der Waals surface area (Å²) < 4.78 is 0. The van der Waals surface area contributed by atoms with Gasteiger partial charge in [-0.25, -0.2) is 4.98 Å². The van der Waals surface area contributed by atoms with E-state index in [-0.39, 0.29) is 30.7 Å². The maximum atomic E-state index is 11.7. The van der Waals surface area contributed by atoms with E-state index < -0.39 is 0 Å². The zero-order valence-corrected chi connectivity index (χ0v) is 15.0. The molecule has 1 aromatic heterocycles. The molecule has 0 aliphatic rings. The molecular formula is C15H21Cl2N3OS. The fourth-order valence-electron chi connectivity index (χ4n) is 1.77. The van der Waals surface area contributed by atoms with Gasteiger partial charge in [0.15, 0.2) is 0 Å². The van der Waals surface area contributed by atoms with Gasteiger partial charge in [-0.05, 0) is 14.0 Å². The predicted octanol–water partition coefficient (Wildman–Crippen LogP) is 2.84. The van der Waals surface area contributed by atoms with Crippen molar-refractivity contribution >= 4 is 42.1 Å². The summed E-state index contributed by atoms with van der Waals surface area (Å²) in [7, 11) is 1.86. The SMILES string of the molecule is CNCCNC(=O)Cc1csc(-c2ccc(C)cc2)n1.Cl.Cl. The molecule has 0 saturated carbocycles. The van der Waals surface area contributed by atoms with Crippen molar-refractivity contribution in [1.82, 2.24) is 15.6 Å². The highest BCUT2D eigenvalue weighted by atomic mass is 35.5. The van der Waals surface area contributed by atoms with Crippen LogP contribution in [0.25, 0.3) is 10.6 Å². The maximum Gasteiger partial charge on any atom is 0.226 e. The van der Waals surface area contributed by atoms with Crippen LogP contribution in [0.4, 0.5) is 0 Å². The summed E-state index contributed by atoms with van der Waals surface area (Å²) >= 11 is 1.58. The van der Waals surface area contributed by atoms with E-state index in [4.69, 9.17) is 0 Å². The van der Waals surface area contributed by atoms with Gasteiger partial charge in [-0.3, -0.25) is 4.79 Å². The number of likely N-dealkylation sites (N-methyl/N-ethyl adjacent to an activating group) is 1. The second-order valence-electron chi connectivity index (χ2n) is 4.64. The number of carbonyl (C=O) groups excluding carboxylic acids is 1. The Labute approximate surface area is 147 Å². The molecule has 0 aliphatic heterocycles. The summed E-state index contributed by atoms with van der Waals surface area (Å²) in [5.41, 5.74) is 3.16. The average Bonchev–Trinajstić information content (AvgIpc) is 2.88. The van der Waals surface area contributed by atoms with Crippen LogP contribution in [0.1, 0.15) is 11.3 Å². The fraction of sp³-hybridized carbons (Fsp3) is 0.333. The summed E-state index contributed by atoms with van der Waals surface area (Å²) in [6, 6.07) is 8.26. The van der Waals surface area contributed by atoms with E-state index in [9.17, 15) is 4.79 Å². The van der Waals surface area contributed by atoms with Gasteiger partial charge in [0, 0.05) is 24.0 Å². The minimum atomic E-state index is 0. The second-order valence-corrected chi connectivity index (χ2v) is 5.50. The van der Waals surface area contributed by atoms with Crippen molar-refractivity contribution in [2.45, 2.75) is 13.3 Å². The number of aryl methyl sites for hydroxylation is 1. The summed E-state index contributed by atoms with van der Waals surface area (Å²) in [5, 5.41) is 8.75. The third-order valence-electron chi connectivity index (χ3n) is 2.89. The number of rotatable bonds is 6. The monoisotopic (exact) mass is 361 g/mol. The Morgan fingerprint density at radius 3 is 2.50 bits per heavy atom. The lowest BCUT2D eigenvalue weighted by Crippen LogP contribution is -2.31. The molecule has 0 atom stereocenters. The van der Waals surface area contributed by atoms with Crippen LogP contribution in [0, 0.1) is 6.92 Å². The van der Waals surface area contributed by atoms with Crippen molar-refractivity contribution in [3.63, 3.8) is 0 Å². The molecule has 0 unspecified atom stereocenters. The molecule has 0 bridgehead atoms. The van der Waals surface area contributed by atoms with Crippen molar-refractivity contribution in [3.05, 3.63) is 40.9 Å². The first-order chi connectivity index (χ1) is 9.69. The van der Waals surface area contributed by atoms with Gasteiger partial charge in [0.05, 0.1) is 12.1 Å². The van der Waals surface area contributed by atoms with Crippen LogP contribution in [-0.2, 0) is 11.2 Å². The van der Waals surface area contributed by atoms with Crippen molar-refractivity contribution in [1.29, 1.82) is 0 Å². The molecule has 0 saturated heterocycles. The first kappa shape index (κ1) is 20.9. The van der Waals surface area contributed by atoms with Crippen LogP contribution in [0.2, 0.25) is 0 Å². The first-order valence-corrected chi connectivity index (χ1v) is 7.50. The number of hydrogen-bond acceptors (Lipinski definition) is 4. The van der Waals surface area contributed by atoms with Gasteiger partial charge in [0.25, 0.3) is 0 Å². The molecule has 0 aliphatic carbocycles. The molecule has 1 amide bonds. The van der Waals surface area contributed by atoms with Gasteiger partial charge in [-0.15, -0.1) is 36.2 Å². The summed E-state index contributed by atoms with van der Waals surface area (Å²) in [5.74, 6) is 0.0148. The normalized spacial score (nSPS) is 9.55. The zero-order valence-electron chi connectivity index (χ0n) is 12.6. The fourth-order valence-corrected chi connectivity index (χ4v) is 2.60. The summed E-state index contributed by atoms with van der Waals surface area (Å²) in [6.45, 7) is 3.48. The van der Waals surface area contributed by atoms with Crippen LogP contribution in [-0.4, -0.2) is 31.0 Å². The van der Waals surface area contributed by atoms with E-state index >= 15 is 0 Å². The largest absolute Gasteiger partial charge is 0.354 e. The molecule has 22 heavy (non-hydrogen) atoms. The summed E-state index contributed by atoms with van der Waals surface area (Å²) in [4.78, 5) is 16.2. The number of benzene rings is 1. The molecule has 0 radical (unpaired) electrons. The molecule has 7 heteroatoms. The lowest BCUT2D eigenvalue weighted by Gasteiger charge is -2.02. The van der Waals surface area contributed by atoms with Gasteiger partial charge in [-0.1, -0.05) is 29.8 Å². The van der Waals surface area contributed by atoms with Gasteiger partial charge in [-0.2, -0.15) is 0 Å². The van der Waals surface area contributed by atoms with E-state index in [1.54, 1.807) is 11.3 Å². The second kappa shape index (κ2) is 10.6. The molecule has 1 aromatic carbocycles. The van der Waals surface area contributed by atoms with Crippen LogP contribution >= 0.6 is 36.2 Å². The van der Waals surface area contributed by atoms with E-state index in [0.29, 0.717) is 13.0 Å². The molecule has 0 fully saturated rings. The van der Waals surface area contributed by atoms with Gasteiger partial charge < -0.3 is 10.6 Å². The number of nitrogens with one attached hydrogen (secondary N) is 2. The number of carbonyl (C=O) groups is 1. The van der Waals surface area contributed by atoms with Gasteiger partial charge in [0.2, 0.25) is 5.91 Å². The first-order valence-electron chi connectivity index (χ1n) is 6.62. The lowest BCUT2D eigenvalue weighted by molar-refractivity contribution is -0.120. The zero-order chi connectivity index (χ0) is 14.4. The number of hydrogen-bond donors (Lipinski definition) is 2. The van der Waals surface area contributed by atoms with E-state index in [1.165, 1.54) is 5.56 Å². The number of aromatic nitrogens is 1. The predicted molar refractivity (Wildman–Crippen MR) is 97.4 cm³/mol. The van der Waals surface area contributed by atoms with Gasteiger partial charge >= 0.3 is 0 Å². The Bertz CT molecular complexity index is 572. The Morgan fingerprint density at radius 1 is 1.18 bits per heavy atom. The Hall–Kier alpha value is -1.14. The van der Waals surface area contributed by atoms with Crippen molar-refractivity contribution in [2.24, 2.45) is 0 Å². The van der Waals surface area contributed by atoms with Crippen LogP contribution in [0.3, 0.4) is 0 Å². The molecule has 122 valence electrons. The average molecular weight is 362 g/mol. The standard InChI is InChI=1S/C15H19N3OS.2ClH/c1-11-3-5-12(6-4-11)15-18-13(10-20-15)9-14(19)17-8-7-16-2;;/h3-6,10,16H,7-9H2,1-2H3,(H,17,19);2*1H. The maximum absolute atomic E-state index is 11.7. The van der Waals surface area contributed by atoms with Crippen LogP contribution in [0.15, 0.2) is 29.6 Å². The highest BCUT2D eigenvalue weighted by Gasteiger charge is 2.08. The van der Waals surface area contributed by atoms with E-state index in [0.717, 1.165) is 22.8 Å². The molecule has 0 spiro atoms. The molecule has 2 rings (SSSR count). The topological polar surface area (TPSA) is 54.0 Å². The Kier molecular flexibility index (Phi) is 10.0. The number of halogens is 2. The van der Waals surface area contributed by atoms with Crippen molar-refractivity contribution in [3.8, 4) is 10.6 Å². The molecule has 2 N–H and O–H groups in total. The van der Waals surface area contributed by atoms with E-state index in [2.05, 4.69) is 46.8 Å². The van der Waals surface area contributed by atoms with Crippen molar-refractivity contribution < 1.29 is 4.79 Å². The number of thiazole rings is 1.